The van der Waals surface area contributed by atoms with Crippen LogP contribution in [0.3, 0.4) is 0 Å². The monoisotopic (exact) mass is 273 g/mol. The van der Waals surface area contributed by atoms with E-state index in [0.717, 1.165) is 17.2 Å². The smallest absolute Gasteiger partial charge is 0.126 e. The van der Waals surface area contributed by atoms with E-state index in [2.05, 4.69) is 18.2 Å². The summed E-state index contributed by atoms with van der Waals surface area (Å²) in [6.45, 7) is 0.660. The molecule has 1 aliphatic rings. The summed E-state index contributed by atoms with van der Waals surface area (Å²) in [5.74, 6) is 1.24. The fourth-order valence-electron chi connectivity index (χ4n) is 2.99. The Labute approximate surface area is 118 Å². The lowest BCUT2D eigenvalue weighted by molar-refractivity contribution is 0.416. The lowest BCUT2D eigenvalue weighted by Gasteiger charge is -2.12. The fourth-order valence-corrected chi connectivity index (χ4v) is 3.17. The minimum atomic E-state index is 0.323. The van der Waals surface area contributed by atoms with Gasteiger partial charge in [-0.25, -0.2) is 0 Å². The van der Waals surface area contributed by atoms with Gasteiger partial charge in [0.1, 0.15) is 5.75 Å². The maximum atomic E-state index is 6.14. The quantitative estimate of drug-likeness (QED) is 0.923. The van der Waals surface area contributed by atoms with Crippen LogP contribution in [0.4, 0.5) is 0 Å². The average molecular weight is 274 g/mol. The fraction of sp³-hybridized carbons (Fsp3) is 0.250. The second-order valence-corrected chi connectivity index (χ2v) is 5.22. The highest BCUT2D eigenvalue weighted by Gasteiger charge is 2.30. The lowest BCUT2D eigenvalue weighted by Crippen LogP contribution is -2.06. The highest BCUT2D eigenvalue weighted by atomic mass is 35.5. The summed E-state index contributed by atoms with van der Waals surface area (Å²) in [5.41, 5.74) is 10.7. The molecule has 1 atom stereocenters. The SMILES string of the molecule is COc1cccc2c1-c1ccc(Cl)cc1C2CCN. The number of benzene rings is 2. The van der Waals surface area contributed by atoms with Crippen molar-refractivity contribution in [2.45, 2.75) is 12.3 Å². The molecule has 1 unspecified atom stereocenters. The number of methoxy groups -OCH3 is 1. The van der Waals surface area contributed by atoms with Crippen LogP contribution in [0.25, 0.3) is 11.1 Å². The van der Waals surface area contributed by atoms with Gasteiger partial charge in [0, 0.05) is 16.5 Å². The molecule has 0 bridgehead atoms. The van der Waals surface area contributed by atoms with Crippen LogP contribution in [0.1, 0.15) is 23.5 Å². The summed E-state index contributed by atoms with van der Waals surface area (Å²) in [6.07, 6.45) is 0.924. The Morgan fingerprint density at radius 3 is 2.79 bits per heavy atom. The third kappa shape index (κ3) is 1.92. The Bertz CT molecular complexity index is 622. The Kier molecular flexibility index (Phi) is 3.21. The van der Waals surface area contributed by atoms with E-state index in [9.17, 15) is 0 Å². The van der Waals surface area contributed by atoms with Gasteiger partial charge in [0.15, 0.2) is 0 Å². The summed E-state index contributed by atoms with van der Waals surface area (Å²) in [7, 11) is 1.71. The van der Waals surface area contributed by atoms with Crippen molar-refractivity contribution in [3.63, 3.8) is 0 Å². The van der Waals surface area contributed by atoms with E-state index in [1.54, 1.807) is 7.11 Å². The van der Waals surface area contributed by atoms with E-state index >= 15 is 0 Å². The van der Waals surface area contributed by atoms with Gasteiger partial charge in [-0.2, -0.15) is 0 Å². The molecule has 2 aromatic rings. The molecule has 0 amide bonds. The van der Waals surface area contributed by atoms with Crippen LogP contribution >= 0.6 is 11.6 Å². The van der Waals surface area contributed by atoms with Crippen LogP contribution in [0.5, 0.6) is 5.75 Å². The van der Waals surface area contributed by atoms with Crippen molar-refractivity contribution in [3.8, 4) is 16.9 Å². The molecular formula is C16H16ClNO. The van der Waals surface area contributed by atoms with Gasteiger partial charge in [-0.15, -0.1) is 0 Å². The standard InChI is InChI=1S/C16H16ClNO/c1-19-15-4-2-3-12-11(7-8-18)14-9-10(17)5-6-13(14)16(12)15/h2-6,9,11H,7-8,18H2,1H3. The third-order valence-electron chi connectivity index (χ3n) is 3.77. The highest BCUT2D eigenvalue weighted by Crippen LogP contribution is 2.50. The first kappa shape index (κ1) is 12.5. The molecule has 0 spiro atoms. The maximum absolute atomic E-state index is 6.14. The Balaban J connectivity index is 2.26. The highest BCUT2D eigenvalue weighted by molar-refractivity contribution is 6.30. The van der Waals surface area contributed by atoms with Gasteiger partial charge in [0.25, 0.3) is 0 Å². The van der Waals surface area contributed by atoms with Gasteiger partial charge < -0.3 is 10.5 Å². The zero-order valence-electron chi connectivity index (χ0n) is 10.8. The van der Waals surface area contributed by atoms with Crippen molar-refractivity contribution in [3.05, 3.63) is 52.5 Å². The normalized spacial score (nSPS) is 16.1. The number of ether oxygens (including phenoxy) is 1. The van der Waals surface area contributed by atoms with Crippen LogP contribution in [-0.2, 0) is 0 Å². The van der Waals surface area contributed by atoms with Gasteiger partial charge in [-0.3, -0.25) is 0 Å². The van der Waals surface area contributed by atoms with Crippen molar-refractivity contribution in [1.82, 2.24) is 0 Å². The molecule has 3 heteroatoms. The minimum absolute atomic E-state index is 0.323. The maximum Gasteiger partial charge on any atom is 0.126 e. The van der Waals surface area contributed by atoms with Crippen LogP contribution in [0, 0.1) is 0 Å². The Hall–Kier alpha value is -1.51. The molecule has 0 saturated heterocycles. The largest absolute Gasteiger partial charge is 0.496 e. The molecule has 19 heavy (non-hydrogen) atoms. The molecular weight excluding hydrogens is 258 g/mol. The zero-order valence-corrected chi connectivity index (χ0v) is 11.6. The Morgan fingerprint density at radius 1 is 1.21 bits per heavy atom. The van der Waals surface area contributed by atoms with Gasteiger partial charge in [-0.05, 0) is 47.9 Å². The molecule has 0 saturated carbocycles. The first-order valence-corrected chi connectivity index (χ1v) is 6.81. The molecule has 2 N–H and O–H groups in total. The van der Waals surface area contributed by atoms with Crippen molar-refractivity contribution in [1.29, 1.82) is 0 Å². The van der Waals surface area contributed by atoms with E-state index in [4.69, 9.17) is 22.1 Å². The number of fused-ring (bicyclic) bond motifs is 3. The zero-order chi connectivity index (χ0) is 13.4. The number of nitrogens with two attached hydrogens (primary N) is 1. The molecule has 0 aromatic heterocycles. The lowest BCUT2D eigenvalue weighted by atomic mass is 9.94. The predicted octanol–water partition coefficient (Wildman–Crippen LogP) is 3.81. The van der Waals surface area contributed by atoms with Crippen LogP contribution in [0.15, 0.2) is 36.4 Å². The van der Waals surface area contributed by atoms with E-state index < -0.39 is 0 Å². The van der Waals surface area contributed by atoms with E-state index in [0.29, 0.717) is 12.5 Å². The van der Waals surface area contributed by atoms with E-state index in [1.165, 1.54) is 22.3 Å². The van der Waals surface area contributed by atoms with Gasteiger partial charge in [0.05, 0.1) is 7.11 Å². The second-order valence-electron chi connectivity index (χ2n) is 4.79. The van der Waals surface area contributed by atoms with Crippen molar-refractivity contribution in [2.24, 2.45) is 5.73 Å². The van der Waals surface area contributed by atoms with Crippen LogP contribution in [-0.4, -0.2) is 13.7 Å². The molecule has 0 aliphatic heterocycles. The summed E-state index contributed by atoms with van der Waals surface area (Å²) < 4.78 is 5.51. The summed E-state index contributed by atoms with van der Waals surface area (Å²) >= 11 is 6.14. The first-order chi connectivity index (χ1) is 9.26. The van der Waals surface area contributed by atoms with Gasteiger partial charge >= 0.3 is 0 Å². The van der Waals surface area contributed by atoms with Crippen molar-refractivity contribution >= 4 is 11.6 Å². The Morgan fingerprint density at radius 2 is 2.05 bits per heavy atom. The van der Waals surface area contributed by atoms with Gasteiger partial charge in [-0.1, -0.05) is 29.8 Å². The van der Waals surface area contributed by atoms with Crippen molar-refractivity contribution in [2.75, 3.05) is 13.7 Å². The number of rotatable bonds is 3. The predicted molar refractivity (Wildman–Crippen MR) is 79.0 cm³/mol. The molecule has 0 fully saturated rings. The minimum Gasteiger partial charge on any atom is -0.496 e. The summed E-state index contributed by atoms with van der Waals surface area (Å²) in [5, 5.41) is 0.771. The topological polar surface area (TPSA) is 35.2 Å². The van der Waals surface area contributed by atoms with Gasteiger partial charge in [0.2, 0.25) is 0 Å². The number of hydrogen-bond donors (Lipinski definition) is 1. The molecule has 3 rings (SSSR count). The van der Waals surface area contributed by atoms with Crippen LogP contribution < -0.4 is 10.5 Å². The third-order valence-corrected chi connectivity index (χ3v) is 4.00. The van der Waals surface area contributed by atoms with Crippen LogP contribution in [0.2, 0.25) is 5.02 Å². The van der Waals surface area contributed by atoms with Crippen molar-refractivity contribution < 1.29 is 4.74 Å². The number of hydrogen-bond acceptors (Lipinski definition) is 2. The first-order valence-electron chi connectivity index (χ1n) is 6.43. The average Bonchev–Trinajstić information content (AvgIpc) is 2.73. The molecule has 0 heterocycles. The van der Waals surface area contributed by atoms with E-state index in [1.807, 2.05) is 18.2 Å². The van der Waals surface area contributed by atoms with E-state index in [-0.39, 0.29) is 0 Å². The summed E-state index contributed by atoms with van der Waals surface area (Å²) in [4.78, 5) is 0. The summed E-state index contributed by atoms with van der Waals surface area (Å²) in [6, 6.07) is 12.3. The number of halogens is 1. The molecule has 2 aromatic carbocycles. The second kappa shape index (κ2) is 4.87. The molecule has 98 valence electrons. The molecule has 1 aliphatic carbocycles. The molecule has 0 radical (unpaired) electrons. The molecule has 2 nitrogen and oxygen atoms in total.